The summed E-state index contributed by atoms with van der Waals surface area (Å²) in [6, 6.07) is -0.0519. The molecule has 17 heavy (non-hydrogen) atoms. The Morgan fingerprint density at radius 3 is 2.76 bits per heavy atom. The van der Waals surface area contributed by atoms with Gasteiger partial charge in [0.05, 0.1) is 4.88 Å². The number of allylic oxidation sites excluding steroid dienone is 1. The Labute approximate surface area is 101 Å². The molecule has 1 aromatic heterocycles. The van der Waals surface area contributed by atoms with E-state index in [0.717, 1.165) is 31.3 Å². The van der Waals surface area contributed by atoms with Crippen LogP contribution in [0.2, 0.25) is 0 Å². The largest absolute Gasteiger partial charge is 0.443 e. The van der Waals surface area contributed by atoms with Crippen molar-refractivity contribution in [2.45, 2.75) is 37.9 Å². The summed E-state index contributed by atoms with van der Waals surface area (Å²) in [5.41, 5.74) is 6.75. The van der Waals surface area contributed by atoms with Crippen LogP contribution in [0.3, 0.4) is 0 Å². The molecule has 0 saturated heterocycles. The van der Waals surface area contributed by atoms with Crippen LogP contribution in [0.5, 0.6) is 0 Å². The number of rotatable bonds is 1. The lowest BCUT2D eigenvalue weighted by Crippen LogP contribution is -2.15. The molecule has 0 fully saturated rings. The van der Waals surface area contributed by atoms with Gasteiger partial charge in [0, 0.05) is 12.2 Å². The quantitative estimate of drug-likeness (QED) is 0.842. The molecule has 1 heterocycles. The number of hydrogen-bond donors (Lipinski definition) is 1. The molecule has 1 aromatic rings. The van der Waals surface area contributed by atoms with Crippen LogP contribution >= 0.6 is 11.3 Å². The summed E-state index contributed by atoms with van der Waals surface area (Å²) >= 11 is 0.698. The molecule has 0 aromatic carbocycles. The van der Waals surface area contributed by atoms with Crippen LogP contribution in [-0.4, -0.2) is 11.0 Å². The van der Waals surface area contributed by atoms with E-state index >= 15 is 0 Å². The lowest BCUT2D eigenvalue weighted by molar-refractivity contribution is -0.137. The van der Waals surface area contributed by atoms with Crippen molar-refractivity contribution in [3.8, 4) is 0 Å². The molecule has 94 valence electrons. The van der Waals surface area contributed by atoms with Gasteiger partial charge in [0.1, 0.15) is 0 Å². The highest BCUT2D eigenvalue weighted by atomic mass is 32.1. The third-order valence-electron chi connectivity index (χ3n) is 2.71. The van der Waals surface area contributed by atoms with E-state index in [9.17, 15) is 13.2 Å². The van der Waals surface area contributed by atoms with Gasteiger partial charge < -0.3 is 5.73 Å². The van der Waals surface area contributed by atoms with E-state index in [1.165, 1.54) is 6.20 Å². The Bertz CT molecular complexity index is 423. The van der Waals surface area contributed by atoms with Crippen LogP contribution < -0.4 is 5.73 Å². The first-order valence-corrected chi connectivity index (χ1v) is 6.28. The lowest BCUT2D eigenvalue weighted by Gasteiger charge is -2.03. The van der Waals surface area contributed by atoms with E-state index < -0.39 is 11.2 Å². The highest BCUT2D eigenvalue weighted by Gasteiger charge is 2.34. The summed E-state index contributed by atoms with van der Waals surface area (Å²) in [6.07, 6.45) is 2.50. The minimum absolute atomic E-state index is 0.0519. The summed E-state index contributed by atoms with van der Waals surface area (Å²) in [7, 11) is 0. The molecule has 0 aliphatic heterocycles. The standard InChI is InChI=1S/C11H13F3N2S/c12-11(13,14)10-16-6-9(17-10)7-3-1-2-4-8(15)5-7/h5-6,8H,1-4,15H2. The smallest absolute Gasteiger partial charge is 0.324 e. The maximum absolute atomic E-state index is 12.4. The molecule has 0 spiro atoms. The number of alkyl halides is 3. The van der Waals surface area contributed by atoms with Crippen LogP contribution in [0, 0.1) is 0 Å². The second-order valence-corrected chi connectivity index (χ2v) is 5.16. The van der Waals surface area contributed by atoms with Crippen LogP contribution in [0.15, 0.2) is 12.3 Å². The van der Waals surface area contributed by atoms with Crippen molar-refractivity contribution in [2.75, 3.05) is 0 Å². The fourth-order valence-corrected chi connectivity index (χ4v) is 2.72. The van der Waals surface area contributed by atoms with Crippen molar-refractivity contribution in [1.29, 1.82) is 0 Å². The summed E-state index contributed by atoms with van der Waals surface area (Å²) in [5.74, 6) is 0. The number of nitrogens with zero attached hydrogens (tertiary/aromatic N) is 1. The van der Waals surface area contributed by atoms with Gasteiger partial charge in [0.15, 0.2) is 5.01 Å². The second kappa shape index (κ2) is 4.78. The van der Waals surface area contributed by atoms with Gasteiger partial charge in [-0.3, -0.25) is 0 Å². The Hall–Kier alpha value is -0.880. The summed E-state index contributed by atoms with van der Waals surface area (Å²) in [5, 5.41) is -0.786. The van der Waals surface area contributed by atoms with Crippen LogP contribution in [0.1, 0.15) is 35.6 Å². The predicted molar refractivity (Wildman–Crippen MR) is 61.5 cm³/mol. The molecule has 1 unspecified atom stereocenters. The Morgan fingerprint density at radius 2 is 2.12 bits per heavy atom. The number of nitrogens with two attached hydrogens (primary N) is 1. The molecular weight excluding hydrogens is 249 g/mol. The van der Waals surface area contributed by atoms with E-state index in [-0.39, 0.29) is 6.04 Å². The van der Waals surface area contributed by atoms with E-state index in [1.807, 2.05) is 6.08 Å². The highest BCUT2D eigenvalue weighted by molar-refractivity contribution is 7.12. The van der Waals surface area contributed by atoms with E-state index in [0.29, 0.717) is 16.2 Å². The molecule has 2 rings (SSSR count). The van der Waals surface area contributed by atoms with Crippen LogP contribution in [0.4, 0.5) is 13.2 Å². The first-order valence-electron chi connectivity index (χ1n) is 5.46. The van der Waals surface area contributed by atoms with Gasteiger partial charge >= 0.3 is 6.18 Å². The summed E-state index contributed by atoms with van der Waals surface area (Å²) in [6.45, 7) is 0. The zero-order valence-electron chi connectivity index (χ0n) is 9.13. The number of hydrogen-bond acceptors (Lipinski definition) is 3. The molecule has 0 radical (unpaired) electrons. The van der Waals surface area contributed by atoms with Gasteiger partial charge in [-0.15, -0.1) is 11.3 Å². The van der Waals surface area contributed by atoms with Crippen molar-refractivity contribution >= 4 is 16.9 Å². The fraction of sp³-hybridized carbons (Fsp3) is 0.545. The third-order valence-corrected chi connectivity index (χ3v) is 3.83. The Kier molecular flexibility index (Phi) is 3.53. The average Bonchev–Trinajstić information content (AvgIpc) is 2.63. The Balaban J connectivity index is 2.25. The van der Waals surface area contributed by atoms with Gasteiger partial charge in [0.25, 0.3) is 0 Å². The first-order chi connectivity index (χ1) is 7.97. The molecule has 1 aliphatic rings. The van der Waals surface area contributed by atoms with Crippen LogP contribution in [-0.2, 0) is 6.18 Å². The summed E-state index contributed by atoms with van der Waals surface area (Å²) < 4.78 is 37.3. The molecule has 1 aliphatic carbocycles. The number of aromatic nitrogens is 1. The molecule has 0 amide bonds. The van der Waals surface area contributed by atoms with Gasteiger partial charge in [-0.25, -0.2) is 4.98 Å². The van der Waals surface area contributed by atoms with E-state index in [4.69, 9.17) is 5.73 Å². The number of halogens is 3. The monoisotopic (exact) mass is 262 g/mol. The maximum atomic E-state index is 12.4. The van der Waals surface area contributed by atoms with Crippen LogP contribution in [0.25, 0.3) is 5.57 Å². The zero-order valence-corrected chi connectivity index (χ0v) is 9.94. The van der Waals surface area contributed by atoms with Crippen molar-refractivity contribution in [3.05, 3.63) is 22.2 Å². The third kappa shape index (κ3) is 3.07. The van der Waals surface area contributed by atoms with Gasteiger partial charge in [-0.1, -0.05) is 12.5 Å². The van der Waals surface area contributed by atoms with E-state index in [2.05, 4.69) is 4.98 Å². The molecular formula is C11H13F3N2S. The van der Waals surface area contributed by atoms with Gasteiger partial charge in [0.2, 0.25) is 0 Å². The molecule has 2 N–H and O–H groups in total. The predicted octanol–water partition coefficient (Wildman–Crippen LogP) is 3.45. The number of thiazole rings is 1. The normalized spacial score (nSPS) is 22.1. The SMILES string of the molecule is NC1C=C(c2cnc(C(F)(F)F)s2)CCCC1. The molecule has 1 atom stereocenters. The highest BCUT2D eigenvalue weighted by Crippen LogP contribution is 2.36. The van der Waals surface area contributed by atoms with Crippen molar-refractivity contribution in [1.82, 2.24) is 4.98 Å². The van der Waals surface area contributed by atoms with Gasteiger partial charge in [-0.05, 0) is 24.8 Å². The minimum atomic E-state index is -4.35. The molecule has 0 saturated carbocycles. The molecule has 0 bridgehead atoms. The topological polar surface area (TPSA) is 38.9 Å². The average molecular weight is 262 g/mol. The lowest BCUT2D eigenvalue weighted by atomic mass is 10.1. The first kappa shape index (κ1) is 12.6. The fourth-order valence-electron chi connectivity index (χ4n) is 1.88. The molecule has 6 heteroatoms. The second-order valence-electron chi connectivity index (χ2n) is 4.13. The van der Waals surface area contributed by atoms with Crippen molar-refractivity contribution < 1.29 is 13.2 Å². The summed E-state index contributed by atoms with van der Waals surface area (Å²) in [4.78, 5) is 4.02. The van der Waals surface area contributed by atoms with Crippen molar-refractivity contribution in [2.24, 2.45) is 5.73 Å². The van der Waals surface area contributed by atoms with E-state index in [1.54, 1.807) is 0 Å². The maximum Gasteiger partial charge on any atom is 0.443 e. The van der Waals surface area contributed by atoms with Crippen molar-refractivity contribution in [3.63, 3.8) is 0 Å². The molecule has 2 nitrogen and oxygen atoms in total. The van der Waals surface area contributed by atoms with Gasteiger partial charge in [-0.2, -0.15) is 13.2 Å². The Morgan fingerprint density at radius 1 is 1.35 bits per heavy atom. The minimum Gasteiger partial charge on any atom is -0.324 e. The zero-order chi connectivity index (χ0) is 12.5.